The number of rotatable bonds is 6. The summed E-state index contributed by atoms with van der Waals surface area (Å²) in [6, 6.07) is 9.12. The summed E-state index contributed by atoms with van der Waals surface area (Å²) < 4.78 is 26.6. The van der Waals surface area contributed by atoms with Crippen LogP contribution >= 0.6 is 0 Å². The van der Waals surface area contributed by atoms with Crippen molar-refractivity contribution in [2.45, 2.75) is 0 Å². The molecule has 0 fully saturated rings. The van der Waals surface area contributed by atoms with Gasteiger partial charge in [-0.15, -0.1) is 0 Å². The molecule has 1 aromatic heterocycles. The fraction of sp³-hybridized carbons (Fsp3) is 0.211. The molecule has 0 aliphatic carbocycles. The maximum absolute atomic E-state index is 6.02. The molecule has 3 aromatic rings. The van der Waals surface area contributed by atoms with Gasteiger partial charge in [-0.3, -0.25) is 0 Å². The first-order chi connectivity index (χ1) is 12.6. The summed E-state index contributed by atoms with van der Waals surface area (Å²) in [6.07, 6.45) is 1.57. The highest BCUT2D eigenvalue weighted by atomic mass is 16.5. The highest BCUT2D eigenvalue weighted by molar-refractivity contribution is 5.83. The molecular formula is C19H20N2O5. The minimum absolute atomic E-state index is 0.517. The van der Waals surface area contributed by atoms with Gasteiger partial charge in [-0.05, 0) is 35.9 Å². The molecule has 26 heavy (non-hydrogen) atoms. The van der Waals surface area contributed by atoms with Gasteiger partial charge in [-0.25, -0.2) is 0 Å². The molecule has 0 aliphatic rings. The average molecular weight is 356 g/mol. The number of nitrogens with two attached hydrogens (primary N) is 1. The predicted octanol–water partition coefficient (Wildman–Crippen LogP) is 3.63. The second kappa shape index (κ2) is 7.26. The molecule has 0 spiro atoms. The maximum atomic E-state index is 6.02. The van der Waals surface area contributed by atoms with Crippen molar-refractivity contribution in [3.63, 3.8) is 0 Å². The van der Waals surface area contributed by atoms with Crippen LogP contribution in [0.4, 0.5) is 5.69 Å². The number of benzene rings is 2. The largest absolute Gasteiger partial charge is 0.495 e. The quantitative estimate of drug-likeness (QED) is 0.675. The van der Waals surface area contributed by atoms with Crippen LogP contribution in [0.15, 0.2) is 41.1 Å². The van der Waals surface area contributed by atoms with Crippen molar-refractivity contribution in [2.24, 2.45) is 0 Å². The summed E-state index contributed by atoms with van der Waals surface area (Å²) in [5, 5.41) is 4.13. The lowest BCUT2D eigenvalue weighted by Gasteiger charge is -2.14. The number of nitrogen functional groups attached to an aromatic ring is 1. The Balaban J connectivity index is 2.13. The lowest BCUT2D eigenvalue weighted by molar-refractivity contribution is 0.324. The third-order valence-electron chi connectivity index (χ3n) is 4.05. The van der Waals surface area contributed by atoms with Gasteiger partial charge in [0.15, 0.2) is 11.5 Å². The summed E-state index contributed by atoms with van der Waals surface area (Å²) >= 11 is 0. The highest BCUT2D eigenvalue weighted by Gasteiger charge is 2.19. The fourth-order valence-electron chi connectivity index (χ4n) is 2.77. The van der Waals surface area contributed by atoms with Crippen molar-refractivity contribution in [1.82, 2.24) is 5.16 Å². The van der Waals surface area contributed by atoms with Gasteiger partial charge < -0.3 is 29.2 Å². The van der Waals surface area contributed by atoms with Gasteiger partial charge in [-0.1, -0.05) is 5.16 Å². The standard InChI is InChI=1S/C19H20N2O5/c1-22-15-6-5-11(7-14(15)20)18-13(10-26-21-18)12-8-16(23-2)19(25-4)17(9-12)24-3/h5-10H,20H2,1-4H3. The SMILES string of the molecule is COc1ccc(-c2nocc2-c2cc(OC)c(OC)c(OC)c2)cc1N. The van der Waals surface area contributed by atoms with E-state index < -0.39 is 0 Å². The summed E-state index contributed by atoms with van der Waals surface area (Å²) in [7, 11) is 6.27. The first-order valence-electron chi connectivity index (χ1n) is 7.81. The van der Waals surface area contributed by atoms with Gasteiger partial charge in [0.05, 0.1) is 34.1 Å². The Morgan fingerprint density at radius 1 is 0.808 bits per heavy atom. The molecular weight excluding hydrogens is 336 g/mol. The zero-order chi connectivity index (χ0) is 18.7. The summed E-state index contributed by atoms with van der Waals surface area (Å²) in [5.74, 6) is 2.21. The third kappa shape index (κ3) is 2.99. The Kier molecular flexibility index (Phi) is 4.88. The van der Waals surface area contributed by atoms with Crippen LogP contribution in [0.1, 0.15) is 0 Å². The molecule has 2 aromatic carbocycles. The maximum Gasteiger partial charge on any atom is 0.203 e. The molecule has 7 nitrogen and oxygen atoms in total. The van der Waals surface area contributed by atoms with E-state index in [1.54, 1.807) is 46.8 Å². The van der Waals surface area contributed by atoms with Gasteiger partial charge in [-0.2, -0.15) is 0 Å². The number of ether oxygens (including phenoxy) is 4. The molecule has 2 N–H and O–H groups in total. The van der Waals surface area contributed by atoms with Crippen LogP contribution < -0.4 is 24.7 Å². The van der Waals surface area contributed by atoms with Crippen LogP contribution in [0.5, 0.6) is 23.0 Å². The zero-order valence-electron chi connectivity index (χ0n) is 15.0. The van der Waals surface area contributed by atoms with E-state index in [-0.39, 0.29) is 0 Å². The third-order valence-corrected chi connectivity index (χ3v) is 4.05. The van der Waals surface area contributed by atoms with Crippen LogP contribution in [-0.2, 0) is 0 Å². The van der Waals surface area contributed by atoms with E-state index in [0.29, 0.717) is 34.4 Å². The lowest BCUT2D eigenvalue weighted by Crippen LogP contribution is -1.96. The van der Waals surface area contributed by atoms with E-state index in [4.69, 9.17) is 29.2 Å². The molecule has 0 saturated heterocycles. The number of aromatic nitrogens is 1. The van der Waals surface area contributed by atoms with E-state index in [9.17, 15) is 0 Å². The molecule has 3 rings (SSSR count). The smallest absolute Gasteiger partial charge is 0.203 e. The van der Waals surface area contributed by atoms with Crippen molar-refractivity contribution in [1.29, 1.82) is 0 Å². The van der Waals surface area contributed by atoms with Gasteiger partial charge in [0.2, 0.25) is 5.75 Å². The van der Waals surface area contributed by atoms with Crippen LogP contribution in [0, 0.1) is 0 Å². The molecule has 7 heteroatoms. The highest BCUT2D eigenvalue weighted by Crippen LogP contribution is 2.43. The number of methoxy groups -OCH3 is 4. The van der Waals surface area contributed by atoms with E-state index in [1.165, 1.54) is 0 Å². The Morgan fingerprint density at radius 3 is 2.00 bits per heavy atom. The normalized spacial score (nSPS) is 10.5. The van der Waals surface area contributed by atoms with Crippen molar-refractivity contribution in [2.75, 3.05) is 34.2 Å². The summed E-state index contributed by atoms with van der Waals surface area (Å²) in [6.45, 7) is 0. The van der Waals surface area contributed by atoms with Crippen LogP contribution in [0.3, 0.4) is 0 Å². The summed E-state index contributed by atoms with van der Waals surface area (Å²) in [4.78, 5) is 0. The van der Waals surface area contributed by atoms with Crippen molar-refractivity contribution in [3.8, 4) is 45.4 Å². The number of hydrogen-bond acceptors (Lipinski definition) is 7. The fourth-order valence-corrected chi connectivity index (χ4v) is 2.77. The second-order valence-electron chi connectivity index (χ2n) is 5.45. The first-order valence-corrected chi connectivity index (χ1v) is 7.81. The molecule has 0 aliphatic heterocycles. The monoisotopic (exact) mass is 356 g/mol. The number of anilines is 1. The molecule has 1 heterocycles. The minimum Gasteiger partial charge on any atom is -0.495 e. The molecule has 0 amide bonds. The molecule has 0 bridgehead atoms. The Bertz CT molecular complexity index is 895. The van der Waals surface area contributed by atoms with Crippen LogP contribution in [-0.4, -0.2) is 33.6 Å². The average Bonchev–Trinajstić information content (AvgIpc) is 3.16. The van der Waals surface area contributed by atoms with Crippen LogP contribution in [0.25, 0.3) is 22.4 Å². The van der Waals surface area contributed by atoms with Crippen molar-refractivity contribution < 1.29 is 23.5 Å². The molecule has 0 saturated carbocycles. The minimum atomic E-state index is 0.517. The lowest BCUT2D eigenvalue weighted by atomic mass is 10.0. The van der Waals surface area contributed by atoms with Crippen molar-refractivity contribution in [3.05, 3.63) is 36.6 Å². The Hall–Kier alpha value is -3.35. The first kappa shape index (κ1) is 17.5. The van der Waals surface area contributed by atoms with Gasteiger partial charge >= 0.3 is 0 Å². The van der Waals surface area contributed by atoms with E-state index in [0.717, 1.165) is 16.7 Å². The molecule has 0 unspecified atom stereocenters. The van der Waals surface area contributed by atoms with Gasteiger partial charge in [0.25, 0.3) is 0 Å². The summed E-state index contributed by atoms with van der Waals surface area (Å²) in [5.41, 5.74) is 9.57. The van der Waals surface area contributed by atoms with Crippen molar-refractivity contribution >= 4 is 5.69 Å². The Morgan fingerprint density at radius 2 is 1.46 bits per heavy atom. The molecule has 136 valence electrons. The van der Waals surface area contributed by atoms with E-state index in [1.807, 2.05) is 18.2 Å². The topological polar surface area (TPSA) is 89.0 Å². The van der Waals surface area contributed by atoms with Gasteiger partial charge in [0.1, 0.15) is 17.7 Å². The number of hydrogen-bond donors (Lipinski definition) is 1. The molecule has 0 radical (unpaired) electrons. The predicted molar refractivity (Wildman–Crippen MR) is 98.0 cm³/mol. The Labute approximate surface area is 151 Å². The molecule has 0 atom stereocenters. The van der Waals surface area contributed by atoms with E-state index in [2.05, 4.69) is 5.16 Å². The van der Waals surface area contributed by atoms with Crippen LogP contribution in [0.2, 0.25) is 0 Å². The second-order valence-corrected chi connectivity index (χ2v) is 5.45. The number of nitrogens with zero attached hydrogens (tertiary/aromatic N) is 1. The van der Waals surface area contributed by atoms with Gasteiger partial charge in [0, 0.05) is 11.1 Å². The van der Waals surface area contributed by atoms with E-state index >= 15 is 0 Å². The zero-order valence-corrected chi connectivity index (χ0v) is 15.0.